The lowest BCUT2D eigenvalue weighted by Crippen LogP contribution is -2.22. The molecule has 0 radical (unpaired) electrons. The summed E-state index contributed by atoms with van der Waals surface area (Å²) in [6.07, 6.45) is 4.85. The third-order valence-electron chi connectivity index (χ3n) is 3.42. The number of carbonyl (C=O) groups excluding carboxylic acids is 4. The maximum Gasteiger partial charge on any atom is 0.333 e. The van der Waals surface area contributed by atoms with Gasteiger partial charge in [-0.15, -0.1) is 0 Å². The Kier molecular flexibility index (Phi) is 15.1. The molecule has 0 fully saturated rings. The van der Waals surface area contributed by atoms with Crippen LogP contribution in [-0.4, -0.2) is 56.5 Å². The summed E-state index contributed by atoms with van der Waals surface area (Å²) in [6, 6.07) is -0.969. The molecule has 0 heterocycles. The number of aliphatic imine (C=N–C) groups is 1. The number of hydrogen-bond donors (Lipinski definition) is 0. The van der Waals surface area contributed by atoms with Gasteiger partial charge in [-0.05, 0) is 32.6 Å². The van der Waals surface area contributed by atoms with Gasteiger partial charge in [-0.2, -0.15) is 10.3 Å². The van der Waals surface area contributed by atoms with Crippen molar-refractivity contribution in [1.82, 2.24) is 0 Å². The van der Waals surface area contributed by atoms with Crippen molar-refractivity contribution in [2.24, 2.45) is 4.99 Å². The zero-order valence-electron chi connectivity index (χ0n) is 16.5. The van der Waals surface area contributed by atoms with Crippen LogP contribution in [0.1, 0.15) is 45.4 Å². The first-order valence-corrected chi connectivity index (χ1v) is 9.15. The molecule has 10 nitrogen and oxygen atoms in total. The van der Waals surface area contributed by atoms with Gasteiger partial charge >= 0.3 is 17.9 Å². The van der Waals surface area contributed by atoms with Crippen LogP contribution in [0.3, 0.4) is 0 Å². The van der Waals surface area contributed by atoms with Crippen molar-refractivity contribution in [2.75, 3.05) is 26.4 Å². The van der Waals surface area contributed by atoms with E-state index in [1.807, 2.05) is 0 Å². The third kappa shape index (κ3) is 14.5. The fourth-order valence-corrected chi connectivity index (χ4v) is 1.95. The summed E-state index contributed by atoms with van der Waals surface area (Å²) in [7, 11) is 0. The number of nitrogens with zero attached hydrogens (tertiary/aromatic N) is 2. The Morgan fingerprint density at radius 3 is 2.34 bits per heavy atom. The number of esters is 3. The molecule has 0 saturated carbocycles. The van der Waals surface area contributed by atoms with Crippen LogP contribution < -0.4 is 0 Å². The van der Waals surface area contributed by atoms with E-state index in [4.69, 9.17) is 19.5 Å². The Morgan fingerprint density at radius 2 is 1.69 bits per heavy atom. The van der Waals surface area contributed by atoms with Crippen molar-refractivity contribution in [3.05, 3.63) is 12.2 Å². The van der Waals surface area contributed by atoms with Crippen molar-refractivity contribution in [2.45, 2.75) is 51.5 Å². The molecule has 29 heavy (non-hydrogen) atoms. The fraction of sp³-hybridized carbons (Fsp3) is 0.632. The predicted molar refractivity (Wildman–Crippen MR) is 98.9 cm³/mol. The van der Waals surface area contributed by atoms with Crippen LogP contribution in [0.2, 0.25) is 0 Å². The maximum atomic E-state index is 11.9. The van der Waals surface area contributed by atoms with E-state index in [-0.39, 0.29) is 45.7 Å². The molecule has 0 aromatic heterocycles. The lowest BCUT2D eigenvalue weighted by atomic mass is 10.1. The van der Waals surface area contributed by atoms with Crippen LogP contribution in [-0.2, 0) is 38.1 Å². The van der Waals surface area contributed by atoms with Gasteiger partial charge in [-0.25, -0.2) is 14.4 Å². The average molecular weight is 410 g/mol. The van der Waals surface area contributed by atoms with Gasteiger partial charge in [0.25, 0.3) is 6.26 Å². The lowest BCUT2D eigenvalue weighted by molar-refractivity contribution is -0.149. The topological polar surface area (TPSA) is 141 Å². The number of unbranched alkanes of at least 4 members (excludes halogenated alkanes) is 1. The van der Waals surface area contributed by atoms with Gasteiger partial charge in [0.15, 0.2) is 6.04 Å². The molecule has 0 rings (SSSR count). The number of carbonyl (C=O) groups is 3. The van der Waals surface area contributed by atoms with Gasteiger partial charge in [-0.3, -0.25) is 4.79 Å². The molecule has 0 aromatic rings. The van der Waals surface area contributed by atoms with E-state index < -0.39 is 23.9 Å². The van der Waals surface area contributed by atoms with Crippen LogP contribution in [0.25, 0.3) is 0 Å². The minimum absolute atomic E-state index is 0.0213. The minimum atomic E-state index is -0.969. The highest BCUT2D eigenvalue weighted by molar-refractivity contribution is 5.86. The summed E-state index contributed by atoms with van der Waals surface area (Å²) >= 11 is 0. The van der Waals surface area contributed by atoms with Crippen LogP contribution in [0, 0.1) is 11.5 Å². The van der Waals surface area contributed by atoms with Gasteiger partial charge < -0.3 is 18.9 Å². The van der Waals surface area contributed by atoms with Gasteiger partial charge in [0.1, 0.15) is 6.61 Å². The molecule has 0 aliphatic heterocycles. The molecule has 10 heteroatoms. The van der Waals surface area contributed by atoms with E-state index in [0.717, 1.165) is 0 Å². The van der Waals surface area contributed by atoms with Crippen molar-refractivity contribution in [3.8, 4) is 6.26 Å². The molecule has 0 aromatic carbocycles. The maximum absolute atomic E-state index is 11.9. The Labute approximate surface area is 169 Å². The molecule has 1 atom stereocenters. The van der Waals surface area contributed by atoms with Crippen molar-refractivity contribution in [1.29, 1.82) is 5.26 Å². The number of isocyanates is 1. The SMILES string of the molecule is C=C(C)C(=O)OCCCOC(=O)CCCOC(=O)C(CCCCOC#N)N=C=O. The second kappa shape index (κ2) is 17.0. The molecule has 0 N–H and O–H groups in total. The molecular weight excluding hydrogens is 384 g/mol. The Morgan fingerprint density at radius 1 is 1.00 bits per heavy atom. The Bertz CT molecular complexity index is 635. The summed E-state index contributed by atoms with van der Waals surface area (Å²) < 4.78 is 19.3. The van der Waals surface area contributed by atoms with Crippen LogP contribution >= 0.6 is 0 Å². The van der Waals surface area contributed by atoms with E-state index in [1.54, 1.807) is 0 Å². The highest BCUT2D eigenvalue weighted by atomic mass is 16.5. The van der Waals surface area contributed by atoms with Crippen molar-refractivity contribution < 1.29 is 38.1 Å². The molecular formula is C19H26N2O8. The van der Waals surface area contributed by atoms with Crippen LogP contribution in [0.4, 0.5) is 0 Å². The number of nitriles is 1. The van der Waals surface area contributed by atoms with E-state index in [9.17, 15) is 19.2 Å². The fourth-order valence-electron chi connectivity index (χ4n) is 1.95. The second-order valence-electron chi connectivity index (χ2n) is 5.93. The summed E-state index contributed by atoms with van der Waals surface area (Å²) in [5.41, 5.74) is 0.297. The predicted octanol–water partition coefficient (Wildman–Crippen LogP) is 1.73. The molecule has 0 amide bonds. The lowest BCUT2D eigenvalue weighted by Gasteiger charge is -2.10. The standard InChI is InChI=1S/C19H26N2O8/c1-15(2)18(24)28-12-6-11-27-17(23)8-5-10-29-19(25)16(21-14-22)7-3-4-9-26-13-20/h16H,1,3-12H2,2H3. The van der Waals surface area contributed by atoms with E-state index in [2.05, 4.69) is 16.3 Å². The zero-order chi connectivity index (χ0) is 21.9. The zero-order valence-corrected chi connectivity index (χ0v) is 16.5. The van der Waals surface area contributed by atoms with E-state index >= 15 is 0 Å². The monoisotopic (exact) mass is 410 g/mol. The van der Waals surface area contributed by atoms with E-state index in [1.165, 1.54) is 19.3 Å². The summed E-state index contributed by atoms with van der Waals surface area (Å²) in [5.74, 6) is -1.64. The molecule has 160 valence electrons. The Hall–Kier alpha value is -3.18. The quantitative estimate of drug-likeness (QED) is 0.0707. The summed E-state index contributed by atoms with van der Waals surface area (Å²) in [5, 5.41) is 8.25. The van der Waals surface area contributed by atoms with Crippen molar-refractivity contribution >= 4 is 24.0 Å². The third-order valence-corrected chi connectivity index (χ3v) is 3.42. The number of rotatable bonds is 16. The summed E-state index contributed by atoms with van der Waals surface area (Å²) in [4.78, 5) is 48.5. The molecule has 0 bridgehead atoms. The molecule has 0 spiro atoms. The second-order valence-corrected chi connectivity index (χ2v) is 5.93. The largest absolute Gasteiger partial charge is 0.466 e. The first-order chi connectivity index (χ1) is 13.9. The smallest absolute Gasteiger partial charge is 0.333 e. The normalized spacial score (nSPS) is 10.6. The van der Waals surface area contributed by atoms with Gasteiger partial charge in [0, 0.05) is 18.4 Å². The van der Waals surface area contributed by atoms with E-state index in [0.29, 0.717) is 24.8 Å². The van der Waals surface area contributed by atoms with Crippen LogP contribution in [0.15, 0.2) is 17.1 Å². The first kappa shape index (κ1) is 25.8. The minimum Gasteiger partial charge on any atom is -0.466 e. The molecule has 1 unspecified atom stereocenters. The first-order valence-electron chi connectivity index (χ1n) is 9.15. The van der Waals surface area contributed by atoms with Gasteiger partial charge in [-0.1, -0.05) is 6.58 Å². The summed E-state index contributed by atoms with van der Waals surface area (Å²) in [6.45, 7) is 5.41. The van der Waals surface area contributed by atoms with Gasteiger partial charge in [0.05, 0.1) is 19.8 Å². The van der Waals surface area contributed by atoms with Crippen LogP contribution in [0.5, 0.6) is 0 Å². The van der Waals surface area contributed by atoms with Gasteiger partial charge in [0.2, 0.25) is 6.08 Å². The Balaban J connectivity index is 3.88. The molecule has 0 aliphatic rings. The molecule has 0 saturated heterocycles. The number of ether oxygens (including phenoxy) is 4. The number of hydrogen-bond acceptors (Lipinski definition) is 10. The molecule has 0 aliphatic carbocycles. The highest BCUT2D eigenvalue weighted by Crippen LogP contribution is 2.08. The van der Waals surface area contributed by atoms with Crippen molar-refractivity contribution in [3.63, 3.8) is 0 Å². The average Bonchev–Trinajstić information content (AvgIpc) is 2.69. The highest BCUT2D eigenvalue weighted by Gasteiger charge is 2.19.